The number of ether oxygens (including phenoxy) is 4. The van der Waals surface area contributed by atoms with Crippen LogP contribution < -0.4 is 23.8 Å². The van der Waals surface area contributed by atoms with Gasteiger partial charge in [0.15, 0.2) is 6.61 Å². The quantitative estimate of drug-likeness (QED) is 0.458. The number of nitrogens with one attached hydrogen (secondary N) is 1. The normalized spacial score (nSPS) is 14.7. The second kappa shape index (κ2) is 10.6. The first-order valence-electron chi connectivity index (χ1n) is 10.8. The number of carbonyl (C=O) groups is 2. The van der Waals surface area contributed by atoms with E-state index in [-0.39, 0.29) is 18.0 Å². The number of hydrogen-bond donors (Lipinski definition) is 1. The van der Waals surface area contributed by atoms with Gasteiger partial charge >= 0.3 is 5.97 Å². The molecule has 11 heteroatoms. The van der Waals surface area contributed by atoms with E-state index < -0.39 is 28.0 Å². The van der Waals surface area contributed by atoms with Gasteiger partial charge < -0.3 is 23.8 Å². The van der Waals surface area contributed by atoms with Crippen LogP contribution in [0.4, 0.5) is 11.4 Å². The lowest BCUT2D eigenvalue weighted by atomic mass is 10.2. The van der Waals surface area contributed by atoms with E-state index in [0.29, 0.717) is 28.6 Å². The molecule has 1 atom stereocenters. The van der Waals surface area contributed by atoms with Crippen molar-refractivity contribution in [2.24, 2.45) is 0 Å². The van der Waals surface area contributed by atoms with Crippen LogP contribution in [0.2, 0.25) is 0 Å². The highest BCUT2D eigenvalue weighted by Crippen LogP contribution is 2.33. The summed E-state index contributed by atoms with van der Waals surface area (Å²) in [5.41, 5.74) is 0.868. The Morgan fingerprint density at radius 1 is 1.00 bits per heavy atom. The van der Waals surface area contributed by atoms with E-state index in [1.54, 1.807) is 48.5 Å². The number of rotatable bonds is 8. The Bertz CT molecular complexity index is 1360. The van der Waals surface area contributed by atoms with Crippen molar-refractivity contribution in [1.29, 1.82) is 0 Å². The molecule has 1 aliphatic rings. The molecule has 0 radical (unpaired) electrons. The van der Waals surface area contributed by atoms with Crippen LogP contribution in [0.3, 0.4) is 0 Å². The van der Waals surface area contributed by atoms with Crippen molar-refractivity contribution < 1.29 is 37.0 Å². The highest BCUT2D eigenvalue weighted by atomic mass is 32.2. The second-order valence-corrected chi connectivity index (χ2v) is 9.38. The van der Waals surface area contributed by atoms with E-state index in [1.165, 1.54) is 43.4 Å². The van der Waals surface area contributed by atoms with Gasteiger partial charge in [0.2, 0.25) is 6.10 Å². The molecule has 0 unspecified atom stereocenters. The molecule has 0 spiro atoms. The lowest BCUT2D eigenvalue weighted by molar-refractivity contribution is -0.148. The zero-order valence-electron chi connectivity index (χ0n) is 19.5. The Morgan fingerprint density at radius 2 is 1.75 bits per heavy atom. The number of anilines is 2. The van der Waals surface area contributed by atoms with E-state index in [2.05, 4.69) is 4.72 Å². The number of carbonyl (C=O) groups excluding carboxylic acids is 2. The molecule has 1 aliphatic heterocycles. The average molecular weight is 513 g/mol. The van der Waals surface area contributed by atoms with Crippen LogP contribution >= 0.6 is 0 Å². The fourth-order valence-corrected chi connectivity index (χ4v) is 4.61. The van der Waals surface area contributed by atoms with E-state index >= 15 is 0 Å². The molecule has 0 aliphatic carbocycles. The van der Waals surface area contributed by atoms with Gasteiger partial charge in [-0.2, -0.15) is 0 Å². The van der Waals surface area contributed by atoms with E-state index in [0.717, 1.165) is 0 Å². The Kier molecular flexibility index (Phi) is 7.30. The number of fused-ring (bicyclic) bond motifs is 1. The Balaban J connectivity index is 1.42. The van der Waals surface area contributed by atoms with Crippen molar-refractivity contribution in [2.75, 3.05) is 37.0 Å². The number of amides is 1. The zero-order chi connectivity index (χ0) is 25.7. The molecule has 0 fully saturated rings. The number of methoxy groups -OCH3 is 2. The minimum Gasteiger partial charge on any atom is -0.497 e. The van der Waals surface area contributed by atoms with Crippen LogP contribution in [-0.4, -0.2) is 53.8 Å². The molecule has 0 saturated heterocycles. The van der Waals surface area contributed by atoms with Crippen molar-refractivity contribution in [3.63, 3.8) is 0 Å². The summed E-state index contributed by atoms with van der Waals surface area (Å²) >= 11 is 0. The maximum Gasteiger partial charge on any atom is 0.348 e. The van der Waals surface area contributed by atoms with Crippen LogP contribution in [0.25, 0.3) is 0 Å². The second-order valence-electron chi connectivity index (χ2n) is 7.70. The predicted molar refractivity (Wildman–Crippen MR) is 131 cm³/mol. The van der Waals surface area contributed by atoms with Gasteiger partial charge in [0, 0.05) is 6.07 Å². The first kappa shape index (κ1) is 24.9. The van der Waals surface area contributed by atoms with E-state index in [4.69, 9.17) is 18.9 Å². The predicted octanol–water partition coefficient (Wildman–Crippen LogP) is 2.84. The first-order valence-corrected chi connectivity index (χ1v) is 12.3. The lowest BCUT2D eigenvalue weighted by Gasteiger charge is -2.33. The van der Waals surface area contributed by atoms with Gasteiger partial charge in [-0.05, 0) is 48.5 Å². The third-order valence-electron chi connectivity index (χ3n) is 5.36. The Hall–Kier alpha value is -4.25. The number of hydrogen-bond acceptors (Lipinski definition) is 8. The Morgan fingerprint density at radius 3 is 2.47 bits per heavy atom. The summed E-state index contributed by atoms with van der Waals surface area (Å²) in [6.45, 7) is -0.366. The van der Waals surface area contributed by atoms with Gasteiger partial charge in [-0.1, -0.05) is 18.2 Å². The fraction of sp³-hybridized carbons (Fsp3) is 0.200. The molecule has 36 heavy (non-hydrogen) atoms. The molecule has 3 aromatic rings. The molecular formula is C25H24N2O8S. The van der Waals surface area contributed by atoms with Crippen LogP contribution in [-0.2, 0) is 24.3 Å². The maximum atomic E-state index is 12.9. The lowest BCUT2D eigenvalue weighted by Crippen LogP contribution is -2.48. The summed E-state index contributed by atoms with van der Waals surface area (Å²) in [4.78, 5) is 26.4. The van der Waals surface area contributed by atoms with Crippen LogP contribution in [0.5, 0.6) is 17.2 Å². The van der Waals surface area contributed by atoms with Crippen molar-refractivity contribution in [2.45, 2.75) is 11.0 Å². The summed E-state index contributed by atoms with van der Waals surface area (Å²) < 4.78 is 49.0. The highest BCUT2D eigenvalue weighted by Gasteiger charge is 2.34. The molecule has 10 nitrogen and oxygen atoms in total. The van der Waals surface area contributed by atoms with Gasteiger partial charge in [0.05, 0.1) is 37.0 Å². The number of esters is 1. The van der Waals surface area contributed by atoms with Crippen LogP contribution in [0.1, 0.15) is 0 Å². The SMILES string of the molecule is COC(=O)[C@H]1CN(C(=O)COc2ccc(S(=O)(=O)Nc3cccc(OC)c3)cc2)c2ccccc2O1. The van der Waals surface area contributed by atoms with Crippen molar-refractivity contribution in [3.8, 4) is 17.2 Å². The summed E-state index contributed by atoms with van der Waals surface area (Å²) in [6.07, 6.45) is -0.963. The number of benzene rings is 3. The van der Waals surface area contributed by atoms with Crippen molar-refractivity contribution in [3.05, 3.63) is 72.8 Å². The van der Waals surface area contributed by atoms with Gasteiger partial charge in [-0.3, -0.25) is 9.52 Å². The third-order valence-corrected chi connectivity index (χ3v) is 6.75. The minimum absolute atomic E-state index is 0.0204. The monoisotopic (exact) mass is 512 g/mol. The van der Waals surface area contributed by atoms with Crippen molar-refractivity contribution >= 4 is 33.3 Å². The summed E-state index contributed by atoms with van der Waals surface area (Å²) in [5.74, 6) is 0.198. The number of para-hydroxylation sites is 2. The maximum absolute atomic E-state index is 12.9. The standard InChI is InChI=1S/C25H24N2O8S/c1-32-19-7-5-6-17(14-19)26-36(30,31)20-12-10-18(11-13-20)34-16-24(28)27-15-23(25(29)33-2)35-22-9-4-3-8-21(22)27/h3-14,23,26H,15-16H2,1-2H3/t23-/m1/s1. The largest absolute Gasteiger partial charge is 0.497 e. The summed E-state index contributed by atoms with van der Waals surface area (Å²) in [5, 5.41) is 0. The zero-order valence-corrected chi connectivity index (χ0v) is 20.4. The van der Waals surface area contributed by atoms with Crippen LogP contribution in [0.15, 0.2) is 77.7 Å². The third kappa shape index (κ3) is 5.52. The smallest absolute Gasteiger partial charge is 0.348 e. The first-order chi connectivity index (χ1) is 17.3. The highest BCUT2D eigenvalue weighted by molar-refractivity contribution is 7.92. The fourth-order valence-electron chi connectivity index (χ4n) is 3.56. The van der Waals surface area contributed by atoms with Crippen LogP contribution in [0, 0.1) is 0 Å². The number of nitrogens with zero attached hydrogens (tertiary/aromatic N) is 1. The Labute approximate surface area is 208 Å². The molecule has 0 aromatic heterocycles. The average Bonchev–Trinajstić information content (AvgIpc) is 2.90. The summed E-state index contributed by atoms with van der Waals surface area (Å²) in [7, 11) is -1.11. The van der Waals surface area contributed by atoms with E-state index in [9.17, 15) is 18.0 Å². The van der Waals surface area contributed by atoms with Gasteiger partial charge in [0.25, 0.3) is 15.9 Å². The topological polar surface area (TPSA) is 120 Å². The van der Waals surface area contributed by atoms with E-state index in [1.807, 2.05) is 0 Å². The molecular weight excluding hydrogens is 488 g/mol. The van der Waals surface area contributed by atoms with Gasteiger partial charge in [-0.25, -0.2) is 13.2 Å². The molecule has 3 aromatic carbocycles. The van der Waals surface area contributed by atoms with Gasteiger partial charge in [-0.15, -0.1) is 0 Å². The molecule has 1 heterocycles. The molecule has 4 rings (SSSR count). The molecule has 0 saturated carbocycles. The molecule has 1 amide bonds. The molecule has 0 bridgehead atoms. The van der Waals surface area contributed by atoms with Gasteiger partial charge in [0.1, 0.15) is 17.2 Å². The molecule has 188 valence electrons. The minimum atomic E-state index is -3.85. The summed E-state index contributed by atoms with van der Waals surface area (Å²) in [6, 6.07) is 19.1. The number of sulfonamides is 1. The van der Waals surface area contributed by atoms with Crippen molar-refractivity contribution in [1.82, 2.24) is 0 Å². The molecule has 1 N–H and O–H groups in total.